The molecule has 114 valence electrons. The van der Waals surface area contributed by atoms with Crippen molar-refractivity contribution in [2.75, 3.05) is 12.3 Å². The van der Waals surface area contributed by atoms with E-state index < -0.39 is 31.1 Å². The van der Waals surface area contributed by atoms with Gasteiger partial charge in [0.15, 0.2) is 11.9 Å². The van der Waals surface area contributed by atoms with Gasteiger partial charge < -0.3 is 25.8 Å². The van der Waals surface area contributed by atoms with Crippen molar-refractivity contribution in [1.82, 2.24) is 14.5 Å². The minimum Gasteiger partial charge on any atom is -0.394 e. The number of nitrogens with two attached hydrogens (primary N) is 1. The highest BCUT2D eigenvalue weighted by atomic mass is 32.1. The van der Waals surface area contributed by atoms with Gasteiger partial charge in [-0.15, -0.1) is 0 Å². The van der Waals surface area contributed by atoms with Crippen molar-refractivity contribution in [3.8, 4) is 0 Å². The van der Waals surface area contributed by atoms with Crippen LogP contribution in [0.2, 0.25) is 0 Å². The number of nitrogens with zero attached hydrogens (tertiary/aromatic N) is 3. The number of thiazole rings is 1. The Hall–Kier alpha value is -1.59. The Morgan fingerprint density at radius 3 is 2.95 bits per heavy atom. The summed E-state index contributed by atoms with van der Waals surface area (Å²) in [6, 6.07) is 0. The van der Waals surface area contributed by atoms with Crippen LogP contribution >= 0.6 is 11.3 Å². The summed E-state index contributed by atoms with van der Waals surface area (Å²) in [4.78, 5) is 19.6. The van der Waals surface area contributed by atoms with Crippen molar-refractivity contribution >= 4 is 27.6 Å². The molecule has 1 fully saturated rings. The number of aromatic nitrogens is 3. The Kier molecular flexibility index (Phi) is 3.63. The lowest BCUT2D eigenvalue weighted by molar-refractivity contribution is -0.205. The molecule has 1 saturated heterocycles. The molecular weight excluding hydrogens is 300 g/mol. The highest BCUT2D eigenvalue weighted by Crippen LogP contribution is 2.30. The van der Waals surface area contributed by atoms with Crippen molar-refractivity contribution in [2.45, 2.75) is 31.0 Å². The third-order valence-electron chi connectivity index (χ3n) is 3.37. The minimum absolute atomic E-state index is 0.00177. The molecule has 4 atom stereocenters. The van der Waals surface area contributed by atoms with Gasteiger partial charge in [-0.05, 0) is 0 Å². The van der Waals surface area contributed by atoms with Crippen molar-refractivity contribution in [3.05, 3.63) is 15.9 Å². The lowest BCUT2D eigenvalue weighted by Crippen LogP contribution is -2.48. The molecule has 0 saturated carbocycles. The summed E-state index contributed by atoms with van der Waals surface area (Å²) in [5.41, 5.74) is 5.78. The summed E-state index contributed by atoms with van der Waals surface area (Å²) in [6.07, 6.45) is -2.61. The van der Waals surface area contributed by atoms with E-state index in [0.717, 1.165) is 11.3 Å². The molecule has 0 aliphatic carbocycles. The first-order valence-corrected chi connectivity index (χ1v) is 7.09. The van der Waals surface area contributed by atoms with Crippen LogP contribution in [0.1, 0.15) is 12.6 Å². The molecular formula is C11H14N4O5S. The second kappa shape index (κ2) is 5.31. The zero-order valence-electron chi connectivity index (χ0n) is 10.8. The van der Waals surface area contributed by atoms with Crippen LogP contribution in [0.3, 0.4) is 0 Å². The number of aliphatic hydroxyl groups is 3. The van der Waals surface area contributed by atoms with Gasteiger partial charge in [-0.25, -0.2) is 4.98 Å². The molecule has 1 aliphatic rings. The van der Waals surface area contributed by atoms with Crippen LogP contribution in [-0.4, -0.2) is 54.8 Å². The van der Waals surface area contributed by atoms with Crippen LogP contribution in [0.5, 0.6) is 0 Å². The summed E-state index contributed by atoms with van der Waals surface area (Å²) < 4.78 is 7.14. The van der Waals surface area contributed by atoms with Crippen LogP contribution < -0.4 is 10.6 Å². The summed E-state index contributed by atoms with van der Waals surface area (Å²) in [5, 5.41) is 29.0. The maximum absolute atomic E-state index is 12.1. The molecule has 2 aromatic rings. The fraction of sp³-hybridized carbons (Fsp3) is 0.545. The Morgan fingerprint density at radius 1 is 1.48 bits per heavy atom. The summed E-state index contributed by atoms with van der Waals surface area (Å²) >= 11 is 0.904. The van der Waals surface area contributed by atoms with Gasteiger partial charge in [0, 0.05) is 6.42 Å². The van der Waals surface area contributed by atoms with Crippen molar-refractivity contribution in [1.29, 1.82) is 0 Å². The molecule has 0 radical (unpaired) electrons. The number of ether oxygens (including phenoxy) is 1. The standard InChI is InChI=1S/C11H14N4O5S/c12-10-13-2-7-8(14-10)15(11(19)21-7)9-5(18)1-4(17)6(3-16)20-9/h2,4-6,9,16-18H,1,3H2,(H2,12,13,14)/t4-,5-,6-,9-/m1/s1. The van der Waals surface area contributed by atoms with Gasteiger partial charge in [0.1, 0.15) is 12.2 Å². The Labute approximate surface area is 122 Å². The van der Waals surface area contributed by atoms with Gasteiger partial charge in [0.2, 0.25) is 5.95 Å². The van der Waals surface area contributed by atoms with Crippen molar-refractivity contribution < 1.29 is 20.1 Å². The first kappa shape index (κ1) is 14.4. The molecule has 0 spiro atoms. The Bertz CT molecular complexity index is 716. The molecule has 5 N–H and O–H groups in total. The van der Waals surface area contributed by atoms with E-state index in [4.69, 9.17) is 10.5 Å². The molecule has 9 nitrogen and oxygen atoms in total. The van der Waals surface area contributed by atoms with E-state index in [9.17, 15) is 20.1 Å². The zero-order chi connectivity index (χ0) is 15.1. The van der Waals surface area contributed by atoms with Crippen molar-refractivity contribution in [2.24, 2.45) is 0 Å². The SMILES string of the molecule is Nc1ncc2sc(=O)n([C@@H]3O[C@H](CO)[C@H](O)C[C@H]3O)c2n1. The number of hydrogen-bond donors (Lipinski definition) is 4. The Morgan fingerprint density at radius 2 is 2.24 bits per heavy atom. The quantitative estimate of drug-likeness (QED) is 0.521. The van der Waals surface area contributed by atoms with Gasteiger partial charge in [-0.3, -0.25) is 9.36 Å². The third-order valence-corrected chi connectivity index (χ3v) is 4.25. The summed E-state index contributed by atoms with van der Waals surface area (Å²) in [6.45, 7) is -0.418. The minimum atomic E-state index is -1.10. The molecule has 2 aromatic heterocycles. The van der Waals surface area contributed by atoms with Gasteiger partial charge in [-0.2, -0.15) is 4.98 Å². The molecule has 21 heavy (non-hydrogen) atoms. The topological polar surface area (TPSA) is 144 Å². The molecule has 0 bridgehead atoms. The normalized spacial score (nSPS) is 29.9. The number of fused-ring (bicyclic) bond motifs is 1. The molecule has 1 aliphatic heterocycles. The van der Waals surface area contributed by atoms with Crippen LogP contribution in [0, 0.1) is 0 Å². The van der Waals surface area contributed by atoms with Crippen LogP contribution in [0.15, 0.2) is 11.0 Å². The third kappa shape index (κ3) is 2.40. The number of anilines is 1. The molecule has 0 unspecified atom stereocenters. The largest absolute Gasteiger partial charge is 0.394 e. The van der Waals surface area contributed by atoms with E-state index >= 15 is 0 Å². The lowest BCUT2D eigenvalue weighted by atomic mass is 10.0. The summed E-state index contributed by atoms with van der Waals surface area (Å²) in [7, 11) is 0. The maximum Gasteiger partial charge on any atom is 0.311 e. The van der Waals surface area contributed by atoms with Crippen molar-refractivity contribution in [3.63, 3.8) is 0 Å². The molecule has 3 rings (SSSR count). The fourth-order valence-corrected chi connectivity index (χ4v) is 3.16. The van der Waals surface area contributed by atoms with E-state index in [1.165, 1.54) is 10.8 Å². The van der Waals surface area contributed by atoms with Crippen LogP contribution in [0.4, 0.5) is 5.95 Å². The molecule has 10 heteroatoms. The monoisotopic (exact) mass is 314 g/mol. The second-order valence-electron chi connectivity index (χ2n) is 4.77. The number of nitrogen functional groups attached to an aromatic ring is 1. The van der Waals surface area contributed by atoms with E-state index in [1.54, 1.807) is 0 Å². The molecule has 0 aromatic carbocycles. The Balaban J connectivity index is 2.08. The van der Waals surface area contributed by atoms with Crippen LogP contribution in [-0.2, 0) is 4.74 Å². The average Bonchev–Trinajstić information content (AvgIpc) is 2.75. The zero-order valence-corrected chi connectivity index (χ0v) is 11.6. The lowest BCUT2D eigenvalue weighted by Gasteiger charge is -2.36. The summed E-state index contributed by atoms with van der Waals surface area (Å²) in [5.74, 6) is -0.00177. The van der Waals surface area contributed by atoms with Crippen LogP contribution in [0.25, 0.3) is 10.3 Å². The highest BCUT2D eigenvalue weighted by molar-refractivity contribution is 7.16. The fourth-order valence-electron chi connectivity index (χ4n) is 2.35. The maximum atomic E-state index is 12.1. The van der Waals surface area contributed by atoms with Gasteiger partial charge >= 0.3 is 4.87 Å². The predicted molar refractivity (Wildman–Crippen MR) is 73.7 cm³/mol. The van der Waals surface area contributed by atoms with E-state index in [2.05, 4.69) is 9.97 Å². The smallest absolute Gasteiger partial charge is 0.311 e. The predicted octanol–water partition coefficient (Wildman–Crippen LogP) is -1.56. The van der Waals surface area contributed by atoms with Gasteiger partial charge in [0.05, 0.1) is 23.6 Å². The number of aliphatic hydroxyl groups excluding tert-OH is 3. The number of hydrogen-bond acceptors (Lipinski definition) is 9. The van der Waals surface area contributed by atoms with Gasteiger partial charge in [0.25, 0.3) is 0 Å². The van der Waals surface area contributed by atoms with E-state index in [0.29, 0.717) is 4.70 Å². The first-order valence-electron chi connectivity index (χ1n) is 6.27. The number of rotatable bonds is 2. The molecule has 3 heterocycles. The molecule has 0 amide bonds. The average molecular weight is 314 g/mol. The van der Waals surface area contributed by atoms with E-state index in [-0.39, 0.29) is 22.9 Å². The van der Waals surface area contributed by atoms with E-state index in [1.807, 2.05) is 0 Å². The first-order chi connectivity index (χ1) is 10.0. The highest BCUT2D eigenvalue weighted by Gasteiger charge is 2.38. The second-order valence-corrected chi connectivity index (χ2v) is 5.77. The van der Waals surface area contributed by atoms with Gasteiger partial charge in [-0.1, -0.05) is 11.3 Å².